The Morgan fingerprint density at radius 2 is 1.67 bits per heavy atom. The van der Waals surface area contributed by atoms with Gasteiger partial charge in [0.15, 0.2) is 0 Å². The Bertz CT molecular complexity index is 63.8. The van der Waals surface area contributed by atoms with Crippen LogP contribution in [0.2, 0.25) is 0 Å². The van der Waals surface area contributed by atoms with Gasteiger partial charge in [-0.05, 0) is 0 Å². The SMILES string of the molecule is C=CO[SiH3].[O-][Cl+3]([O-])([O-])O. The van der Waals surface area contributed by atoms with Gasteiger partial charge in [-0.3, -0.25) is 0 Å². The summed E-state index contributed by atoms with van der Waals surface area (Å²) in [5.74, 6) is 0. The van der Waals surface area contributed by atoms with Crippen molar-refractivity contribution in [2.45, 2.75) is 0 Å². The molecule has 0 aliphatic carbocycles. The molecule has 0 saturated heterocycles. The molecule has 9 heavy (non-hydrogen) atoms. The smallest absolute Gasteiger partial charge is 0.203 e. The average Bonchev–Trinajstić information content (AvgIpc) is 1.61. The predicted molar refractivity (Wildman–Crippen MR) is 23.4 cm³/mol. The second kappa shape index (κ2) is 6.01. The molecule has 0 unspecified atom stereocenters. The first-order valence-electron chi connectivity index (χ1n) is 1.68. The van der Waals surface area contributed by atoms with Crippen LogP contribution in [0, 0.1) is 10.2 Å². The van der Waals surface area contributed by atoms with Crippen LogP contribution in [0.15, 0.2) is 12.8 Å². The topological polar surface area (TPSA) is 98.6 Å². The van der Waals surface area contributed by atoms with Crippen LogP contribution in [0.5, 0.6) is 0 Å². The molecule has 0 radical (unpaired) electrons. The zero-order valence-electron chi connectivity index (χ0n) is 4.74. The van der Waals surface area contributed by atoms with Crippen molar-refractivity contribution < 1.29 is 33.3 Å². The molecule has 1 N–H and O–H groups in total. The van der Waals surface area contributed by atoms with E-state index < -0.39 is 10.2 Å². The summed E-state index contributed by atoms with van der Waals surface area (Å²) in [6.45, 7) is 3.29. The van der Waals surface area contributed by atoms with Gasteiger partial charge in [-0.15, -0.1) is 0 Å². The van der Waals surface area contributed by atoms with Crippen molar-refractivity contribution in [2.75, 3.05) is 0 Å². The first-order valence-corrected chi connectivity index (χ1v) is 3.76. The summed E-state index contributed by atoms with van der Waals surface area (Å²) < 4.78 is 37.2. The first kappa shape index (κ1) is 11.7. The first-order chi connectivity index (χ1) is 3.91. The minimum absolute atomic E-state index is 0.772. The molecule has 5 nitrogen and oxygen atoms in total. The molecule has 0 bridgehead atoms. The molecule has 56 valence electrons. The lowest BCUT2D eigenvalue weighted by Crippen LogP contribution is -2.58. The fourth-order valence-corrected chi connectivity index (χ4v) is 0. The Hall–Kier alpha value is -0.113. The van der Waals surface area contributed by atoms with E-state index in [4.69, 9.17) is 18.6 Å². The quantitative estimate of drug-likeness (QED) is 0.318. The van der Waals surface area contributed by atoms with Crippen LogP contribution in [0.4, 0.5) is 0 Å². The molecular formula is C2H7ClO5Si. The molecule has 0 atom stereocenters. The Kier molecular flexibility index (Phi) is 7.79. The summed E-state index contributed by atoms with van der Waals surface area (Å²) in [4.78, 5) is 0. The second-order valence-electron chi connectivity index (χ2n) is 0.798. The maximum atomic E-state index is 8.60. The highest BCUT2D eigenvalue weighted by atomic mass is 35.7. The van der Waals surface area contributed by atoms with E-state index in [-0.39, 0.29) is 0 Å². The zero-order chi connectivity index (χ0) is 7.91. The highest BCUT2D eigenvalue weighted by Gasteiger charge is 1.98. The van der Waals surface area contributed by atoms with Crippen molar-refractivity contribution >= 4 is 10.5 Å². The molecule has 0 aromatic heterocycles. The van der Waals surface area contributed by atoms with Crippen molar-refractivity contribution in [2.24, 2.45) is 0 Å². The van der Waals surface area contributed by atoms with Crippen LogP contribution in [-0.4, -0.2) is 15.1 Å². The van der Waals surface area contributed by atoms with Gasteiger partial charge in [0.1, 0.15) is 0 Å². The minimum Gasteiger partial charge on any atom is -0.559 e. The van der Waals surface area contributed by atoms with Gasteiger partial charge in [0.2, 0.25) is 10.5 Å². The molecule has 0 saturated carbocycles. The van der Waals surface area contributed by atoms with Gasteiger partial charge in [-0.2, -0.15) is 14.0 Å². The van der Waals surface area contributed by atoms with Crippen molar-refractivity contribution in [1.82, 2.24) is 0 Å². The largest absolute Gasteiger partial charge is 0.559 e. The average molecular weight is 175 g/mol. The molecular weight excluding hydrogens is 168 g/mol. The Morgan fingerprint density at radius 3 is 1.67 bits per heavy atom. The van der Waals surface area contributed by atoms with Gasteiger partial charge in [-0.1, -0.05) is 6.58 Å². The Morgan fingerprint density at radius 1 is 1.56 bits per heavy atom. The zero-order valence-corrected chi connectivity index (χ0v) is 7.50. The lowest BCUT2D eigenvalue weighted by Gasteiger charge is -2.03. The molecule has 0 rings (SSSR count). The van der Waals surface area contributed by atoms with Crippen molar-refractivity contribution in [3.63, 3.8) is 0 Å². The van der Waals surface area contributed by atoms with E-state index in [0.717, 1.165) is 10.5 Å². The minimum atomic E-state index is -4.69. The maximum Gasteiger partial charge on any atom is 0.203 e. The van der Waals surface area contributed by atoms with E-state index in [2.05, 4.69) is 11.0 Å². The number of halogens is 1. The highest BCUT2D eigenvalue weighted by molar-refractivity contribution is 5.98. The van der Waals surface area contributed by atoms with Gasteiger partial charge < -0.3 is 4.43 Å². The van der Waals surface area contributed by atoms with E-state index in [1.807, 2.05) is 0 Å². The molecule has 0 aromatic carbocycles. The molecule has 7 heteroatoms. The van der Waals surface area contributed by atoms with Crippen LogP contribution < -0.4 is 14.0 Å². The second-order valence-corrected chi connectivity index (χ2v) is 2.06. The lowest BCUT2D eigenvalue weighted by molar-refractivity contribution is -1.92. The van der Waals surface area contributed by atoms with Gasteiger partial charge in [0.05, 0.1) is 21.2 Å². The summed E-state index contributed by atoms with van der Waals surface area (Å²) in [5.41, 5.74) is 0. The third-order valence-electron chi connectivity index (χ3n) is 0.167. The van der Waals surface area contributed by atoms with Crippen LogP contribution >= 0.6 is 0 Å². The van der Waals surface area contributed by atoms with Crippen LogP contribution in [-0.2, 0) is 4.43 Å². The fraction of sp³-hybridized carbons (Fsp3) is 0. The molecule has 0 aliphatic heterocycles. The summed E-state index contributed by atoms with van der Waals surface area (Å²) in [7, 11) is -3.92. The third-order valence-corrected chi connectivity index (χ3v) is 0.500. The maximum absolute atomic E-state index is 8.60. The lowest BCUT2D eigenvalue weighted by atomic mass is 11.2. The number of hydrogen-bond donors (Lipinski definition) is 1. The van der Waals surface area contributed by atoms with E-state index >= 15 is 0 Å². The molecule has 0 amide bonds. The number of hydrogen-bond acceptors (Lipinski definition) is 5. The third kappa shape index (κ3) is 347. The van der Waals surface area contributed by atoms with E-state index in [9.17, 15) is 0 Å². The normalized spacial score (nSPS) is 9.33. The Balaban J connectivity index is 0. The summed E-state index contributed by atoms with van der Waals surface area (Å²) in [6, 6.07) is 0. The van der Waals surface area contributed by atoms with Crippen LogP contribution in [0.1, 0.15) is 0 Å². The number of rotatable bonds is 1. The standard InChI is InChI=1S/C2H6OSi.ClHO4/c1-2-3-4;2-1(3,4)5/h2H,1H2,4H3;(H,2,3,4,5). The van der Waals surface area contributed by atoms with E-state index in [1.165, 1.54) is 6.26 Å². The van der Waals surface area contributed by atoms with Gasteiger partial charge in [-0.25, -0.2) is 0 Å². The van der Waals surface area contributed by atoms with Crippen LogP contribution in [0.3, 0.4) is 0 Å². The predicted octanol–water partition coefficient (Wildman–Crippen LogP) is -4.70. The van der Waals surface area contributed by atoms with Gasteiger partial charge in [0, 0.05) is 0 Å². The van der Waals surface area contributed by atoms with E-state index in [0.29, 0.717) is 0 Å². The molecule has 0 heterocycles. The summed E-state index contributed by atoms with van der Waals surface area (Å²) in [6.07, 6.45) is 1.44. The summed E-state index contributed by atoms with van der Waals surface area (Å²) in [5, 5.41) is 0. The highest BCUT2D eigenvalue weighted by Crippen LogP contribution is 1.60. The summed E-state index contributed by atoms with van der Waals surface area (Å²) >= 11 is 0. The Labute approximate surface area is 57.5 Å². The fourth-order valence-electron chi connectivity index (χ4n) is 0. The molecule has 0 aliphatic rings. The molecule has 0 aromatic rings. The van der Waals surface area contributed by atoms with E-state index in [1.54, 1.807) is 0 Å². The van der Waals surface area contributed by atoms with Crippen molar-refractivity contribution in [3.8, 4) is 0 Å². The van der Waals surface area contributed by atoms with Crippen molar-refractivity contribution in [3.05, 3.63) is 12.8 Å². The van der Waals surface area contributed by atoms with Crippen molar-refractivity contribution in [1.29, 1.82) is 0 Å². The van der Waals surface area contributed by atoms with Crippen LogP contribution in [0.25, 0.3) is 0 Å². The van der Waals surface area contributed by atoms with Gasteiger partial charge >= 0.3 is 0 Å². The van der Waals surface area contributed by atoms with Gasteiger partial charge in [0.25, 0.3) is 0 Å². The molecule has 0 spiro atoms. The monoisotopic (exact) mass is 174 g/mol. The molecule has 0 fully saturated rings.